The second-order valence-corrected chi connectivity index (χ2v) is 8.86. The zero-order valence-electron chi connectivity index (χ0n) is 16.3. The molecule has 2 fully saturated rings. The van der Waals surface area contributed by atoms with Gasteiger partial charge in [0, 0.05) is 26.2 Å². The van der Waals surface area contributed by atoms with E-state index in [0.717, 1.165) is 6.07 Å². The van der Waals surface area contributed by atoms with E-state index in [-0.39, 0.29) is 5.91 Å². The molecule has 0 radical (unpaired) electrons. The zero-order chi connectivity index (χ0) is 20.4. The van der Waals surface area contributed by atoms with Crippen molar-refractivity contribution in [1.82, 2.24) is 10.2 Å². The van der Waals surface area contributed by atoms with Crippen LogP contribution in [0.25, 0.3) is 0 Å². The Balaban J connectivity index is 1.62. The average Bonchev–Trinajstić information content (AvgIpc) is 2.65. The third-order valence-electron chi connectivity index (χ3n) is 5.91. The fraction of sp³-hybridized carbons (Fsp3) is 0.650. The molecule has 1 amide bonds. The van der Waals surface area contributed by atoms with E-state index in [1.54, 1.807) is 6.07 Å². The molecular formula is C20H28F2N2O3S. The Morgan fingerprint density at radius 2 is 2.04 bits per heavy atom. The summed E-state index contributed by atoms with van der Waals surface area (Å²) in [7, 11) is 0. The van der Waals surface area contributed by atoms with Crippen LogP contribution >= 0.6 is 11.8 Å². The molecule has 3 rings (SSSR count). The minimum absolute atomic E-state index is 0.0816. The first kappa shape index (κ1) is 21.5. The van der Waals surface area contributed by atoms with Gasteiger partial charge in [-0.05, 0) is 50.1 Å². The van der Waals surface area contributed by atoms with E-state index >= 15 is 0 Å². The monoisotopic (exact) mass is 414 g/mol. The molecule has 0 saturated carbocycles. The molecule has 8 heteroatoms. The lowest BCUT2D eigenvalue weighted by Gasteiger charge is -2.53. The van der Waals surface area contributed by atoms with Crippen molar-refractivity contribution < 1.29 is 23.4 Å². The zero-order valence-corrected chi connectivity index (χ0v) is 17.2. The summed E-state index contributed by atoms with van der Waals surface area (Å²) in [6.07, 6.45) is 2.86. The molecule has 0 aromatic heterocycles. The third-order valence-corrected chi connectivity index (χ3v) is 6.46. The van der Waals surface area contributed by atoms with Crippen molar-refractivity contribution in [3.63, 3.8) is 0 Å². The highest BCUT2D eigenvalue weighted by atomic mass is 32.2. The van der Waals surface area contributed by atoms with Crippen LogP contribution in [0.5, 0.6) is 0 Å². The lowest BCUT2D eigenvalue weighted by Crippen LogP contribution is -2.69. The Morgan fingerprint density at radius 3 is 2.68 bits per heavy atom. The number of nitrogens with one attached hydrogen (secondary N) is 1. The summed E-state index contributed by atoms with van der Waals surface area (Å²) in [5.41, 5.74) is -0.688. The number of thioether (sulfide) groups is 1. The van der Waals surface area contributed by atoms with Crippen molar-refractivity contribution in [2.45, 2.75) is 50.0 Å². The molecule has 2 saturated heterocycles. The smallest absolute Gasteiger partial charge is 0.230 e. The van der Waals surface area contributed by atoms with Crippen molar-refractivity contribution in [3.05, 3.63) is 35.4 Å². The maximum Gasteiger partial charge on any atom is 0.230 e. The summed E-state index contributed by atoms with van der Waals surface area (Å²) < 4.78 is 32.6. The average molecular weight is 415 g/mol. The van der Waals surface area contributed by atoms with Gasteiger partial charge in [0.05, 0.1) is 16.9 Å². The van der Waals surface area contributed by atoms with Crippen LogP contribution in [-0.2, 0) is 16.1 Å². The van der Waals surface area contributed by atoms with E-state index in [1.807, 2.05) is 13.2 Å². The van der Waals surface area contributed by atoms with Gasteiger partial charge in [-0.3, -0.25) is 9.69 Å². The van der Waals surface area contributed by atoms with Gasteiger partial charge in [0.2, 0.25) is 5.91 Å². The normalized spacial score (nSPS) is 27.7. The standard InChI is InChI=1S/C20H28F2N2O3S/c1-19(23-17(25)13-28-2)7-10-27-20(18(19)26)5-8-24(9-6-20)12-14-3-4-15(21)16(22)11-14/h3-4,11,18,26H,5-10,12-13H2,1-2H3,(H,23,25)/t18-,19+/m0/s1. The predicted octanol–water partition coefficient (Wildman–Crippen LogP) is 2.32. The first-order valence-corrected chi connectivity index (χ1v) is 11.0. The molecule has 2 heterocycles. The molecule has 0 aliphatic carbocycles. The van der Waals surface area contributed by atoms with Gasteiger partial charge < -0.3 is 15.2 Å². The van der Waals surface area contributed by atoms with Gasteiger partial charge in [-0.25, -0.2) is 8.78 Å². The Hall–Kier alpha value is -1.22. The summed E-state index contributed by atoms with van der Waals surface area (Å²) >= 11 is 1.45. The number of ether oxygens (including phenoxy) is 1. The number of rotatable bonds is 5. The molecule has 1 spiro atoms. The summed E-state index contributed by atoms with van der Waals surface area (Å²) in [6.45, 7) is 4.23. The number of nitrogens with zero attached hydrogens (tertiary/aromatic N) is 1. The van der Waals surface area contributed by atoms with E-state index < -0.39 is 28.9 Å². The van der Waals surface area contributed by atoms with Crippen LogP contribution in [0.1, 0.15) is 31.7 Å². The van der Waals surface area contributed by atoms with Crippen LogP contribution in [0.4, 0.5) is 8.78 Å². The number of piperidine rings is 1. The van der Waals surface area contributed by atoms with Gasteiger partial charge in [-0.2, -0.15) is 11.8 Å². The summed E-state index contributed by atoms with van der Waals surface area (Å²) in [6, 6.07) is 3.96. The fourth-order valence-corrected chi connectivity index (χ4v) is 4.62. The maximum absolute atomic E-state index is 13.4. The Bertz CT molecular complexity index is 713. The molecule has 2 aliphatic rings. The highest BCUT2D eigenvalue weighted by Gasteiger charge is 2.53. The molecular weight excluding hydrogens is 386 g/mol. The molecule has 0 unspecified atom stereocenters. The van der Waals surface area contributed by atoms with Gasteiger partial charge in [0.25, 0.3) is 0 Å². The highest BCUT2D eigenvalue weighted by Crippen LogP contribution is 2.40. The van der Waals surface area contributed by atoms with Crippen molar-refractivity contribution in [3.8, 4) is 0 Å². The third kappa shape index (κ3) is 4.50. The lowest BCUT2D eigenvalue weighted by molar-refractivity contribution is -0.208. The Labute approximate surface area is 168 Å². The molecule has 28 heavy (non-hydrogen) atoms. The summed E-state index contributed by atoms with van der Waals surface area (Å²) in [5, 5.41) is 14.1. The number of benzene rings is 1. The van der Waals surface area contributed by atoms with Crippen LogP contribution in [0, 0.1) is 11.6 Å². The van der Waals surface area contributed by atoms with Crippen molar-refractivity contribution in [2.24, 2.45) is 0 Å². The first-order valence-electron chi connectivity index (χ1n) is 9.56. The molecule has 5 nitrogen and oxygen atoms in total. The number of hydrogen-bond donors (Lipinski definition) is 2. The predicted molar refractivity (Wildman–Crippen MR) is 105 cm³/mol. The maximum atomic E-state index is 13.4. The minimum Gasteiger partial charge on any atom is -0.388 e. The van der Waals surface area contributed by atoms with Gasteiger partial charge >= 0.3 is 0 Å². The lowest BCUT2D eigenvalue weighted by atomic mass is 9.73. The largest absolute Gasteiger partial charge is 0.388 e. The molecule has 156 valence electrons. The van der Waals surface area contributed by atoms with Crippen LogP contribution in [0.3, 0.4) is 0 Å². The van der Waals surface area contributed by atoms with Crippen LogP contribution < -0.4 is 5.32 Å². The quantitative estimate of drug-likeness (QED) is 0.774. The van der Waals surface area contributed by atoms with E-state index in [9.17, 15) is 18.7 Å². The molecule has 0 bridgehead atoms. The van der Waals surface area contributed by atoms with E-state index in [2.05, 4.69) is 10.2 Å². The second kappa shape index (κ2) is 8.65. The van der Waals surface area contributed by atoms with E-state index in [0.29, 0.717) is 56.8 Å². The van der Waals surface area contributed by atoms with E-state index in [1.165, 1.54) is 17.8 Å². The molecule has 1 aromatic carbocycles. The molecule has 2 atom stereocenters. The Morgan fingerprint density at radius 1 is 1.32 bits per heavy atom. The number of aliphatic hydroxyl groups is 1. The van der Waals surface area contributed by atoms with Crippen molar-refractivity contribution in [1.29, 1.82) is 0 Å². The van der Waals surface area contributed by atoms with Gasteiger partial charge in [-0.1, -0.05) is 6.07 Å². The van der Waals surface area contributed by atoms with Gasteiger partial charge in [0.1, 0.15) is 6.10 Å². The number of hydrogen-bond acceptors (Lipinski definition) is 5. The number of aliphatic hydroxyl groups excluding tert-OH is 1. The van der Waals surface area contributed by atoms with Gasteiger partial charge in [-0.15, -0.1) is 0 Å². The Kier molecular flexibility index (Phi) is 6.64. The van der Waals surface area contributed by atoms with Gasteiger partial charge in [0.15, 0.2) is 11.6 Å². The van der Waals surface area contributed by atoms with Crippen LogP contribution in [-0.4, -0.2) is 64.9 Å². The SMILES string of the molecule is CSCC(=O)N[C@]1(C)CCOC2(CCN(Cc3ccc(F)c(F)c3)CC2)[C@H]1O. The number of likely N-dealkylation sites (tertiary alicyclic amines) is 1. The fourth-order valence-electron chi connectivity index (χ4n) is 4.28. The topological polar surface area (TPSA) is 61.8 Å². The van der Waals surface area contributed by atoms with Crippen LogP contribution in [0.2, 0.25) is 0 Å². The minimum atomic E-state index is -0.845. The number of carbonyl (C=O) groups excluding carboxylic acids is 1. The van der Waals surface area contributed by atoms with Crippen molar-refractivity contribution in [2.75, 3.05) is 31.7 Å². The summed E-state index contributed by atoms with van der Waals surface area (Å²) in [5.74, 6) is -1.41. The second-order valence-electron chi connectivity index (χ2n) is 7.99. The molecule has 1 aromatic rings. The number of carbonyl (C=O) groups is 1. The number of halogens is 2. The highest BCUT2D eigenvalue weighted by molar-refractivity contribution is 7.99. The number of amides is 1. The first-order chi connectivity index (χ1) is 13.3. The molecule has 2 N–H and O–H groups in total. The summed E-state index contributed by atoms with van der Waals surface area (Å²) in [4.78, 5) is 14.2. The van der Waals surface area contributed by atoms with Crippen molar-refractivity contribution >= 4 is 17.7 Å². The van der Waals surface area contributed by atoms with Crippen LogP contribution in [0.15, 0.2) is 18.2 Å². The molecule has 2 aliphatic heterocycles. The van der Waals surface area contributed by atoms with E-state index in [4.69, 9.17) is 4.74 Å².